The highest BCUT2D eigenvalue weighted by molar-refractivity contribution is 9.11. The number of thiazole rings is 1. The molecule has 0 unspecified atom stereocenters. The molecule has 4 nitrogen and oxygen atoms in total. The molecular formula is C24H14Br2N2O2S. The second-order valence-electron chi connectivity index (χ2n) is 7.01. The molecule has 0 aliphatic carbocycles. The van der Waals surface area contributed by atoms with Crippen molar-refractivity contribution in [2.45, 2.75) is 0 Å². The topological polar surface area (TPSA) is 62.2 Å². The van der Waals surface area contributed by atoms with Gasteiger partial charge in [0, 0.05) is 33.3 Å². The van der Waals surface area contributed by atoms with Crippen LogP contribution >= 0.6 is 43.2 Å². The number of phenolic OH excluding ortho intramolecular Hbond substituents is 1. The van der Waals surface area contributed by atoms with Gasteiger partial charge in [0.2, 0.25) is 0 Å². The summed E-state index contributed by atoms with van der Waals surface area (Å²) < 4.78 is 1.11. The van der Waals surface area contributed by atoms with Crippen molar-refractivity contribution in [2.75, 3.05) is 5.32 Å². The van der Waals surface area contributed by atoms with Crippen molar-refractivity contribution in [1.82, 2.24) is 4.98 Å². The summed E-state index contributed by atoms with van der Waals surface area (Å²) in [6, 6.07) is 19.5. The van der Waals surface area contributed by atoms with E-state index in [2.05, 4.69) is 37.2 Å². The van der Waals surface area contributed by atoms with Gasteiger partial charge in [0.05, 0.1) is 14.6 Å². The van der Waals surface area contributed by atoms with Crippen molar-refractivity contribution in [2.24, 2.45) is 0 Å². The third-order valence-electron chi connectivity index (χ3n) is 4.97. The van der Waals surface area contributed by atoms with Crippen molar-refractivity contribution in [3.05, 3.63) is 86.1 Å². The van der Waals surface area contributed by atoms with Gasteiger partial charge in [-0.3, -0.25) is 4.79 Å². The van der Waals surface area contributed by atoms with Crippen molar-refractivity contribution in [3.8, 4) is 27.6 Å². The molecule has 1 aliphatic heterocycles. The highest BCUT2D eigenvalue weighted by atomic mass is 79.9. The van der Waals surface area contributed by atoms with E-state index in [-0.39, 0.29) is 11.7 Å². The fraction of sp³-hybridized carbons (Fsp3) is 0. The highest BCUT2D eigenvalue weighted by Gasteiger charge is 2.25. The van der Waals surface area contributed by atoms with Gasteiger partial charge in [-0.05, 0) is 67.8 Å². The van der Waals surface area contributed by atoms with Crippen LogP contribution < -0.4 is 5.32 Å². The first-order chi connectivity index (χ1) is 15.0. The van der Waals surface area contributed by atoms with E-state index >= 15 is 0 Å². The van der Waals surface area contributed by atoms with Crippen molar-refractivity contribution >= 4 is 66.4 Å². The Labute approximate surface area is 199 Å². The average Bonchev–Trinajstić information content (AvgIpc) is 3.38. The smallest absolute Gasteiger partial charge is 0.256 e. The van der Waals surface area contributed by atoms with Crippen LogP contribution in [0.15, 0.2) is 75.0 Å². The Morgan fingerprint density at radius 1 is 0.968 bits per heavy atom. The number of nitrogens with one attached hydrogen (secondary N) is 1. The monoisotopic (exact) mass is 552 g/mol. The molecular weight excluding hydrogens is 540 g/mol. The molecule has 0 radical (unpaired) electrons. The van der Waals surface area contributed by atoms with E-state index in [4.69, 9.17) is 4.98 Å². The number of halogens is 2. The van der Waals surface area contributed by atoms with Crippen LogP contribution in [-0.4, -0.2) is 16.0 Å². The van der Waals surface area contributed by atoms with Crippen molar-refractivity contribution in [3.63, 3.8) is 0 Å². The summed E-state index contributed by atoms with van der Waals surface area (Å²) in [7, 11) is 0. The SMILES string of the molecule is O=C1Nc2ccc(-c3csc(-c4ccccc4)n3)cc2C1=Cc1cc(Br)c(O)c(Br)c1. The minimum absolute atomic E-state index is 0.124. The Morgan fingerprint density at radius 2 is 1.71 bits per heavy atom. The molecule has 4 aromatic rings. The molecule has 0 fully saturated rings. The minimum Gasteiger partial charge on any atom is -0.506 e. The molecule has 152 valence electrons. The van der Waals surface area contributed by atoms with E-state index < -0.39 is 0 Å². The number of carbonyl (C=O) groups excluding carboxylic acids is 1. The molecule has 1 aliphatic rings. The Bertz CT molecular complexity index is 1340. The lowest BCUT2D eigenvalue weighted by Gasteiger charge is -2.05. The van der Waals surface area contributed by atoms with Crippen LogP contribution in [0.5, 0.6) is 5.75 Å². The van der Waals surface area contributed by atoms with Crippen LogP contribution in [0.4, 0.5) is 5.69 Å². The summed E-state index contributed by atoms with van der Waals surface area (Å²) in [5, 5.41) is 15.9. The van der Waals surface area contributed by atoms with Crippen molar-refractivity contribution < 1.29 is 9.90 Å². The first-order valence-corrected chi connectivity index (χ1v) is 11.8. The van der Waals surface area contributed by atoms with Gasteiger partial charge in [-0.25, -0.2) is 4.98 Å². The van der Waals surface area contributed by atoms with E-state index in [0.717, 1.165) is 38.6 Å². The molecule has 0 spiro atoms. The van der Waals surface area contributed by atoms with Gasteiger partial charge in [-0.2, -0.15) is 0 Å². The summed E-state index contributed by atoms with van der Waals surface area (Å²) in [5.74, 6) is -0.0332. The first kappa shape index (κ1) is 20.2. The molecule has 0 saturated carbocycles. The predicted octanol–water partition coefficient (Wildman–Crippen LogP) is 7.20. The van der Waals surface area contributed by atoms with E-state index in [1.165, 1.54) is 0 Å². The molecule has 0 saturated heterocycles. The van der Waals surface area contributed by atoms with Crippen LogP contribution in [0.3, 0.4) is 0 Å². The van der Waals surface area contributed by atoms with Crippen LogP contribution in [0, 0.1) is 0 Å². The molecule has 1 aromatic heterocycles. The molecule has 2 N–H and O–H groups in total. The number of hydrogen-bond donors (Lipinski definition) is 2. The summed E-state index contributed by atoms with van der Waals surface area (Å²) in [5.41, 5.74) is 5.88. The molecule has 3 aromatic carbocycles. The van der Waals surface area contributed by atoms with Crippen LogP contribution in [0.1, 0.15) is 11.1 Å². The number of phenols is 1. The van der Waals surface area contributed by atoms with Gasteiger partial charge in [-0.15, -0.1) is 11.3 Å². The Kier molecular flexibility index (Phi) is 5.25. The number of amides is 1. The normalized spacial score (nSPS) is 14.0. The quantitative estimate of drug-likeness (QED) is 0.264. The number of benzene rings is 3. The van der Waals surface area contributed by atoms with E-state index in [1.54, 1.807) is 23.5 Å². The number of hydrogen-bond acceptors (Lipinski definition) is 4. The summed E-state index contributed by atoms with van der Waals surface area (Å²) in [6.07, 6.45) is 1.82. The number of anilines is 1. The van der Waals surface area contributed by atoms with Crippen LogP contribution in [0.25, 0.3) is 33.5 Å². The predicted molar refractivity (Wildman–Crippen MR) is 133 cm³/mol. The highest BCUT2D eigenvalue weighted by Crippen LogP contribution is 2.39. The van der Waals surface area contributed by atoms with E-state index in [9.17, 15) is 9.90 Å². The van der Waals surface area contributed by atoms with Gasteiger partial charge in [0.25, 0.3) is 5.91 Å². The lowest BCUT2D eigenvalue weighted by Crippen LogP contribution is -2.03. The Hall–Kier alpha value is -2.74. The number of fused-ring (bicyclic) bond motifs is 1. The Balaban J connectivity index is 1.54. The molecule has 31 heavy (non-hydrogen) atoms. The molecule has 0 bridgehead atoms. The number of aromatic nitrogens is 1. The third-order valence-corrected chi connectivity index (χ3v) is 7.07. The van der Waals surface area contributed by atoms with E-state index in [0.29, 0.717) is 14.5 Å². The second kappa shape index (κ2) is 8.07. The first-order valence-electron chi connectivity index (χ1n) is 9.36. The fourth-order valence-corrected chi connectivity index (χ4v) is 5.50. The van der Waals surface area contributed by atoms with Gasteiger partial charge in [0.15, 0.2) is 0 Å². The maximum absolute atomic E-state index is 12.6. The average molecular weight is 554 g/mol. The maximum Gasteiger partial charge on any atom is 0.256 e. The number of rotatable bonds is 3. The molecule has 1 amide bonds. The fourth-order valence-electron chi connectivity index (χ4n) is 3.45. The number of nitrogens with zero attached hydrogens (tertiary/aromatic N) is 1. The lowest BCUT2D eigenvalue weighted by molar-refractivity contribution is -0.110. The molecule has 2 heterocycles. The summed E-state index contributed by atoms with van der Waals surface area (Å²) in [4.78, 5) is 17.4. The standard InChI is InChI=1S/C24H14Br2N2O2S/c25-18-9-13(10-19(26)22(18)29)8-17-16-11-15(6-7-20(16)27-23(17)30)21-12-31-24(28-21)14-4-2-1-3-5-14/h1-12,29H,(H,27,30). The third kappa shape index (κ3) is 3.84. The van der Waals surface area contributed by atoms with Gasteiger partial charge in [0.1, 0.15) is 10.8 Å². The molecule has 0 atom stereocenters. The van der Waals surface area contributed by atoms with Crippen LogP contribution in [-0.2, 0) is 4.79 Å². The molecule has 5 rings (SSSR count). The zero-order chi connectivity index (χ0) is 21.5. The largest absolute Gasteiger partial charge is 0.506 e. The van der Waals surface area contributed by atoms with Crippen LogP contribution in [0.2, 0.25) is 0 Å². The minimum atomic E-state index is -0.157. The molecule has 7 heteroatoms. The lowest BCUT2D eigenvalue weighted by atomic mass is 10.0. The van der Waals surface area contributed by atoms with Crippen molar-refractivity contribution in [1.29, 1.82) is 0 Å². The second-order valence-corrected chi connectivity index (χ2v) is 9.58. The zero-order valence-corrected chi connectivity index (χ0v) is 19.9. The number of carbonyl (C=O) groups is 1. The zero-order valence-electron chi connectivity index (χ0n) is 15.9. The van der Waals surface area contributed by atoms with Gasteiger partial charge in [-0.1, -0.05) is 36.4 Å². The summed E-state index contributed by atoms with van der Waals surface area (Å²) in [6.45, 7) is 0. The van der Waals surface area contributed by atoms with Gasteiger partial charge < -0.3 is 10.4 Å². The van der Waals surface area contributed by atoms with Gasteiger partial charge >= 0.3 is 0 Å². The summed E-state index contributed by atoms with van der Waals surface area (Å²) >= 11 is 8.28. The Morgan fingerprint density at radius 3 is 2.45 bits per heavy atom. The maximum atomic E-state index is 12.6. The van der Waals surface area contributed by atoms with E-state index in [1.807, 2.05) is 60.0 Å². The number of aromatic hydroxyl groups is 1.